The summed E-state index contributed by atoms with van der Waals surface area (Å²) in [5.74, 6) is 0.825. The van der Waals surface area contributed by atoms with Crippen molar-refractivity contribution in [3.05, 3.63) is 70.9 Å². The maximum Gasteiger partial charge on any atom is 0.200 e. The Bertz CT molecular complexity index is 1510. The molecule has 5 aromatic rings. The minimum absolute atomic E-state index is 0.0593. The molecule has 3 aromatic carbocycles. The van der Waals surface area contributed by atoms with E-state index in [1.807, 2.05) is 41.3 Å². The highest BCUT2D eigenvalue weighted by atomic mass is 32.1. The molecule has 0 aliphatic carbocycles. The van der Waals surface area contributed by atoms with Crippen LogP contribution in [0.3, 0.4) is 0 Å². The van der Waals surface area contributed by atoms with Crippen molar-refractivity contribution in [1.82, 2.24) is 0 Å². The molecule has 6 heteroatoms. The van der Waals surface area contributed by atoms with Gasteiger partial charge in [0.15, 0.2) is 11.3 Å². The minimum atomic E-state index is -0.0593. The van der Waals surface area contributed by atoms with Gasteiger partial charge in [0.1, 0.15) is 11.3 Å². The van der Waals surface area contributed by atoms with Crippen molar-refractivity contribution in [3.63, 3.8) is 0 Å². The van der Waals surface area contributed by atoms with E-state index < -0.39 is 0 Å². The number of fused-ring (bicyclic) bond motifs is 4. The Kier molecular flexibility index (Phi) is 4.23. The quantitative estimate of drug-likeness (QED) is 0.409. The van der Waals surface area contributed by atoms with Crippen molar-refractivity contribution in [2.75, 3.05) is 31.2 Å². The maximum atomic E-state index is 12.9. The molecule has 0 amide bonds. The van der Waals surface area contributed by atoms with E-state index in [1.165, 1.54) is 0 Å². The molecule has 1 N–H and O–H groups in total. The summed E-state index contributed by atoms with van der Waals surface area (Å²) in [6.45, 7) is 2.61. The summed E-state index contributed by atoms with van der Waals surface area (Å²) in [6, 6.07) is 18.9. The van der Waals surface area contributed by atoms with Gasteiger partial charge in [0.05, 0.1) is 18.6 Å². The van der Waals surface area contributed by atoms with E-state index in [0.717, 1.165) is 31.3 Å². The third kappa shape index (κ3) is 2.91. The first-order valence-electron chi connectivity index (χ1n) is 10.2. The molecule has 1 saturated heterocycles. The number of morpholine rings is 1. The van der Waals surface area contributed by atoms with Gasteiger partial charge < -0.3 is 19.2 Å². The van der Waals surface area contributed by atoms with Crippen molar-refractivity contribution < 1.29 is 14.3 Å². The van der Waals surface area contributed by atoms with Gasteiger partial charge in [-0.2, -0.15) is 0 Å². The molecule has 31 heavy (non-hydrogen) atoms. The van der Waals surface area contributed by atoms with Crippen LogP contribution in [0.5, 0.6) is 5.75 Å². The predicted molar refractivity (Wildman–Crippen MR) is 126 cm³/mol. The van der Waals surface area contributed by atoms with Gasteiger partial charge in [0, 0.05) is 50.5 Å². The van der Waals surface area contributed by atoms with Crippen LogP contribution >= 0.6 is 11.3 Å². The van der Waals surface area contributed by atoms with E-state index in [2.05, 4.69) is 6.07 Å². The highest BCUT2D eigenvalue weighted by molar-refractivity contribution is 7.26. The van der Waals surface area contributed by atoms with E-state index in [0.29, 0.717) is 43.2 Å². The Morgan fingerprint density at radius 1 is 0.903 bits per heavy atom. The van der Waals surface area contributed by atoms with E-state index in [1.54, 1.807) is 29.5 Å². The van der Waals surface area contributed by atoms with Gasteiger partial charge in [0.2, 0.25) is 0 Å². The highest BCUT2D eigenvalue weighted by Crippen LogP contribution is 2.45. The van der Waals surface area contributed by atoms with Crippen LogP contribution in [0.2, 0.25) is 0 Å². The molecule has 0 bridgehead atoms. The first-order valence-corrected chi connectivity index (χ1v) is 11.1. The summed E-state index contributed by atoms with van der Waals surface area (Å²) in [6.07, 6.45) is 0. The van der Waals surface area contributed by atoms with Crippen molar-refractivity contribution in [1.29, 1.82) is 0 Å². The van der Waals surface area contributed by atoms with Gasteiger partial charge in [-0.25, -0.2) is 0 Å². The summed E-state index contributed by atoms with van der Waals surface area (Å²) >= 11 is 1.64. The molecule has 5 nitrogen and oxygen atoms in total. The number of rotatable bonds is 2. The second-order valence-electron chi connectivity index (χ2n) is 7.67. The second-order valence-corrected chi connectivity index (χ2v) is 8.72. The Morgan fingerprint density at radius 2 is 1.71 bits per heavy atom. The van der Waals surface area contributed by atoms with Crippen LogP contribution in [-0.4, -0.2) is 31.4 Å². The third-order valence-electron chi connectivity index (χ3n) is 5.86. The number of hydrogen-bond donors (Lipinski definition) is 1. The Morgan fingerprint density at radius 3 is 2.58 bits per heavy atom. The SMILES string of the molecule is O=c1cc(N2CCOCC2)oc2c(-c3ccc(O)c4c3sc3ccccc34)cccc12. The van der Waals surface area contributed by atoms with Crippen LogP contribution in [0.15, 0.2) is 69.9 Å². The molecule has 3 heterocycles. The molecule has 1 fully saturated rings. The number of aromatic hydroxyl groups is 1. The molecular weight excluding hydrogens is 410 g/mol. The van der Waals surface area contributed by atoms with E-state index in [-0.39, 0.29) is 11.2 Å². The Balaban J connectivity index is 1.65. The Labute approximate surface area is 181 Å². The van der Waals surface area contributed by atoms with E-state index in [9.17, 15) is 9.90 Å². The smallest absolute Gasteiger partial charge is 0.200 e. The molecule has 0 atom stereocenters. The van der Waals surface area contributed by atoms with E-state index in [4.69, 9.17) is 9.15 Å². The molecule has 154 valence electrons. The average molecular weight is 429 g/mol. The number of benzene rings is 3. The number of nitrogens with zero attached hydrogens (tertiary/aromatic N) is 1. The van der Waals surface area contributed by atoms with Gasteiger partial charge in [-0.05, 0) is 24.3 Å². The Hall–Kier alpha value is -3.35. The first-order chi connectivity index (χ1) is 15.2. The molecule has 1 aliphatic heterocycles. The van der Waals surface area contributed by atoms with Gasteiger partial charge in [-0.1, -0.05) is 30.3 Å². The molecule has 6 rings (SSSR count). The lowest BCUT2D eigenvalue weighted by molar-refractivity contribution is 0.121. The largest absolute Gasteiger partial charge is 0.507 e. The number of phenolic OH excluding ortho intramolecular Hbond substituents is 1. The fourth-order valence-corrected chi connectivity index (χ4v) is 5.59. The number of hydrogen-bond acceptors (Lipinski definition) is 6. The fraction of sp³-hybridized carbons (Fsp3) is 0.160. The van der Waals surface area contributed by atoms with Crippen molar-refractivity contribution in [2.45, 2.75) is 0 Å². The fourth-order valence-electron chi connectivity index (χ4n) is 4.34. The molecule has 0 saturated carbocycles. The zero-order valence-corrected chi connectivity index (χ0v) is 17.4. The third-order valence-corrected chi connectivity index (χ3v) is 7.06. The minimum Gasteiger partial charge on any atom is -0.507 e. The molecule has 0 unspecified atom stereocenters. The van der Waals surface area contributed by atoms with Crippen LogP contribution in [-0.2, 0) is 4.74 Å². The highest BCUT2D eigenvalue weighted by Gasteiger charge is 2.20. The van der Waals surface area contributed by atoms with Crippen molar-refractivity contribution in [3.8, 4) is 16.9 Å². The summed E-state index contributed by atoms with van der Waals surface area (Å²) in [5, 5.41) is 13.0. The van der Waals surface area contributed by atoms with Gasteiger partial charge >= 0.3 is 0 Å². The summed E-state index contributed by atoms with van der Waals surface area (Å²) in [7, 11) is 0. The standard InChI is InChI=1S/C25H19NO4S/c27-19-9-8-16(25-23(19)18-4-1-2-7-21(18)31-25)15-5-3-6-17-20(28)14-22(30-24(15)17)26-10-12-29-13-11-26/h1-9,14,27H,10-13H2. The lowest BCUT2D eigenvalue weighted by Gasteiger charge is -2.27. The average Bonchev–Trinajstić information content (AvgIpc) is 3.20. The zero-order valence-electron chi connectivity index (χ0n) is 16.6. The van der Waals surface area contributed by atoms with E-state index >= 15 is 0 Å². The topological polar surface area (TPSA) is 62.9 Å². The lowest BCUT2D eigenvalue weighted by Crippen LogP contribution is -2.36. The molecule has 0 radical (unpaired) electrons. The summed E-state index contributed by atoms with van der Waals surface area (Å²) in [4.78, 5) is 15.0. The number of anilines is 1. The second kappa shape index (κ2) is 7.11. The van der Waals surface area contributed by atoms with Crippen LogP contribution < -0.4 is 10.3 Å². The monoisotopic (exact) mass is 429 g/mol. The maximum absolute atomic E-state index is 12.9. The normalized spacial score (nSPS) is 14.6. The zero-order chi connectivity index (χ0) is 20.9. The predicted octanol–water partition coefficient (Wildman–Crippen LogP) is 5.37. The van der Waals surface area contributed by atoms with Crippen molar-refractivity contribution in [2.24, 2.45) is 0 Å². The van der Waals surface area contributed by atoms with Gasteiger partial charge in [0.25, 0.3) is 0 Å². The molecule has 2 aromatic heterocycles. The van der Waals surface area contributed by atoms with Crippen LogP contribution in [0.25, 0.3) is 42.3 Å². The van der Waals surface area contributed by atoms with Crippen molar-refractivity contribution >= 4 is 48.4 Å². The first kappa shape index (κ1) is 18.4. The number of para-hydroxylation sites is 1. The van der Waals surface area contributed by atoms with Gasteiger partial charge in [-0.3, -0.25) is 4.79 Å². The van der Waals surface area contributed by atoms with Gasteiger partial charge in [-0.15, -0.1) is 11.3 Å². The molecular formula is C25H19NO4S. The molecule has 1 aliphatic rings. The number of ether oxygens (including phenoxy) is 1. The number of phenols is 1. The summed E-state index contributed by atoms with van der Waals surface area (Å²) < 4.78 is 13.9. The summed E-state index contributed by atoms with van der Waals surface area (Å²) in [5.41, 5.74) is 2.31. The van der Waals surface area contributed by atoms with Crippen LogP contribution in [0.4, 0.5) is 5.88 Å². The number of thiophene rings is 1. The lowest BCUT2D eigenvalue weighted by atomic mass is 10.00. The van der Waals surface area contributed by atoms with Crippen LogP contribution in [0.1, 0.15) is 0 Å². The van der Waals surface area contributed by atoms with Crippen LogP contribution in [0, 0.1) is 0 Å². The molecule has 0 spiro atoms.